The van der Waals surface area contributed by atoms with Crippen molar-refractivity contribution in [1.82, 2.24) is 4.98 Å². The molecule has 0 bridgehead atoms. The Hall–Kier alpha value is -1.57. The van der Waals surface area contributed by atoms with Gasteiger partial charge < -0.3 is 0 Å². The topological polar surface area (TPSA) is 36.7 Å². The van der Waals surface area contributed by atoms with Crippen LogP contribution in [0.1, 0.15) is 23.2 Å². The van der Waals surface area contributed by atoms with Crippen molar-refractivity contribution in [3.05, 3.63) is 28.8 Å². The summed E-state index contributed by atoms with van der Waals surface area (Å²) in [4.78, 5) is 3.42. The Kier molecular flexibility index (Phi) is 3.07. The lowest BCUT2D eigenvalue weighted by atomic mass is 10.1. The van der Waals surface area contributed by atoms with Crippen molar-refractivity contribution in [3.8, 4) is 6.07 Å². The quantitative estimate of drug-likeness (QED) is 0.735. The molecule has 1 rings (SSSR count). The van der Waals surface area contributed by atoms with Crippen molar-refractivity contribution in [2.45, 2.75) is 19.8 Å². The Morgan fingerprint density at radius 2 is 2.21 bits per heavy atom. The first-order chi connectivity index (χ1) is 6.57. The maximum Gasteiger partial charge on any atom is 0.280 e. The Labute approximate surface area is 79.0 Å². The van der Waals surface area contributed by atoms with Gasteiger partial charge in [0.2, 0.25) is 0 Å². The second kappa shape index (κ2) is 4.09. The van der Waals surface area contributed by atoms with Crippen LogP contribution >= 0.6 is 0 Å². The van der Waals surface area contributed by atoms with E-state index in [-0.39, 0.29) is 17.5 Å². The molecule has 2 nitrogen and oxygen atoms in total. The van der Waals surface area contributed by atoms with Gasteiger partial charge in [-0.05, 0) is 6.92 Å². The van der Waals surface area contributed by atoms with Crippen molar-refractivity contribution in [2.24, 2.45) is 0 Å². The van der Waals surface area contributed by atoms with Gasteiger partial charge in [-0.1, -0.05) is 0 Å². The van der Waals surface area contributed by atoms with Gasteiger partial charge in [-0.3, -0.25) is 4.98 Å². The molecule has 1 aromatic rings. The minimum Gasteiger partial charge on any atom is -0.254 e. The molecule has 0 atom stereocenters. The van der Waals surface area contributed by atoms with Crippen molar-refractivity contribution in [3.63, 3.8) is 0 Å². The summed E-state index contributed by atoms with van der Waals surface area (Å²) in [5, 5.41) is 8.32. The lowest BCUT2D eigenvalue weighted by Crippen LogP contribution is -2.02. The SMILES string of the molecule is Cc1c(C(F)F)ncc(CC#N)c1F. The molecule has 0 unspecified atom stereocenters. The number of alkyl halides is 2. The molecule has 0 fully saturated rings. The second-order valence-corrected chi connectivity index (χ2v) is 2.74. The van der Waals surface area contributed by atoms with E-state index in [0.717, 1.165) is 6.20 Å². The van der Waals surface area contributed by atoms with E-state index >= 15 is 0 Å². The van der Waals surface area contributed by atoms with Crippen LogP contribution in [0.3, 0.4) is 0 Å². The fraction of sp³-hybridized carbons (Fsp3) is 0.333. The van der Waals surface area contributed by atoms with Crippen LogP contribution in [0.25, 0.3) is 0 Å². The van der Waals surface area contributed by atoms with Crippen LogP contribution in [0.2, 0.25) is 0 Å². The number of hydrogen-bond donors (Lipinski definition) is 0. The number of pyridine rings is 1. The number of rotatable bonds is 2. The summed E-state index contributed by atoms with van der Waals surface area (Å²) < 4.78 is 37.7. The monoisotopic (exact) mass is 200 g/mol. The van der Waals surface area contributed by atoms with Crippen molar-refractivity contribution < 1.29 is 13.2 Å². The molecule has 0 radical (unpaired) electrons. The van der Waals surface area contributed by atoms with Crippen LogP contribution in [0.4, 0.5) is 13.2 Å². The molecule has 0 spiro atoms. The summed E-state index contributed by atoms with van der Waals surface area (Å²) in [7, 11) is 0. The van der Waals surface area contributed by atoms with Gasteiger partial charge in [0.05, 0.1) is 12.5 Å². The molecule has 0 saturated heterocycles. The van der Waals surface area contributed by atoms with Crippen LogP contribution < -0.4 is 0 Å². The molecule has 1 aromatic heterocycles. The maximum atomic E-state index is 13.3. The summed E-state index contributed by atoms with van der Waals surface area (Å²) in [6.45, 7) is 1.23. The zero-order valence-corrected chi connectivity index (χ0v) is 7.39. The van der Waals surface area contributed by atoms with E-state index in [0.29, 0.717) is 0 Å². The lowest BCUT2D eigenvalue weighted by Gasteiger charge is -2.06. The number of nitrogens with zero attached hydrogens (tertiary/aromatic N) is 2. The average molecular weight is 200 g/mol. The predicted octanol–water partition coefficient (Wildman–Crippen LogP) is 2.53. The van der Waals surface area contributed by atoms with Crippen molar-refractivity contribution >= 4 is 0 Å². The van der Waals surface area contributed by atoms with Gasteiger partial charge >= 0.3 is 0 Å². The molecule has 0 N–H and O–H groups in total. The highest BCUT2D eigenvalue weighted by Gasteiger charge is 2.17. The first-order valence-corrected chi connectivity index (χ1v) is 3.87. The summed E-state index contributed by atoms with van der Waals surface area (Å²) in [5.74, 6) is -0.767. The molecule has 0 amide bonds. The minimum atomic E-state index is -2.79. The number of halogens is 3. The molecule has 14 heavy (non-hydrogen) atoms. The van der Waals surface area contributed by atoms with E-state index in [9.17, 15) is 13.2 Å². The normalized spacial score (nSPS) is 10.3. The van der Waals surface area contributed by atoms with Crippen LogP contribution in [-0.2, 0) is 6.42 Å². The first kappa shape index (κ1) is 10.5. The zero-order valence-electron chi connectivity index (χ0n) is 7.39. The van der Waals surface area contributed by atoms with Gasteiger partial charge in [0, 0.05) is 17.3 Å². The minimum absolute atomic E-state index is 0.0504. The summed E-state index contributed by atoms with van der Waals surface area (Å²) in [6.07, 6.45) is -1.98. The largest absolute Gasteiger partial charge is 0.280 e. The molecular formula is C9H7F3N2. The van der Waals surface area contributed by atoms with E-state index in [4.69, 9.17) is 5.26 Å². The molecule has 1 heterocycles. The Balaban J connectivity index is 3.20. The van der Waals surface area contributed by atoms with Crippen LogP contribution in [0.15, 0.2) is 6.20 Å². The lowest BCUT2D eigenvalue weighted by molar-refractivity contribution is 0.144. The van der Waals surface area contributed by atoms with Gasteiger partial charge in [0.15, 0.2) is 0 Å². The molecule has 5 heteroatoms. The molecule has 0 saturated carbocycles. The zero-order chi connectivity index (χ0) is 10.7. The molecule has 0 aliphatic carbocycles. The summed E-state index contributed by atoms with van der Waals surface area (Å²) in [5.41, 5.74) is -0.702. The fourth-order valence-electron chi connectivity index (χ4n) is 1.08. The van der Waals surface area contributed by atoms with Crippen molar-refractivity contribution in [1.29, 1.82) is 5.26 Å². The Bertz CT molecular complexity index is 382. The van der Waals surface area contributed by atoms with Gasteiger partial charge in [-0.25, -0.2) is 13.2 Å². The van der Waals surface area contributed by atoms with E-state index in [1.54, 1.807) is 6.07 Å². The molecular weight excluding hydrogens is 193 g/mol. The number of nitriles is 1. The van der Waals surface area contributed by atoms with Gasteiger partial charge in [-0.15, -0.1) is 0 Å². The number of aromatic nitrogens is 1. The molecule has 74 valence electrons. The van der Waals surface area contributed by atoms with Crippen LogP contribution in [-0.4, -0.2) is 4.98 Å². The maximum absolute atomic E-state index is 13.3. The molecule has 0 aliphatic heterocycles. The van der Waals surface area contributed by atoms with E-state index in [1.165, 1.54) is 6.92 Å². The number of hydrogen-bond acceptors (Lipinski definition) is 2. The fourth-order valence-corrected chi connectivity index (χ4v) is 1.08. The van der Waals surface area contributed by atoms with Gasteiger partial charge in [-0.2, -0.15) is 5.26 Å². The predicted molar refractivity (Wildman–Crippen MR) is 43.2 cm³/mol. The van der Waals surface area contributed by atoms with E-state index in [1.807, 2.05) is 0 Å². The highest BCUT2D eigenvalue weighted by atomic mass is 19.3. The molecule has 0 aromatic carbocycles. The van der Waals surface area contributed by atoms with Gasteiger partial charge in [0.25, 0.3) is 6.43 Å². The van der Waals surface area contributed by atoms with Crippen molar-refractivity contribution in [2.75, 3.05) is 0 Å². The van der Waals surface area contributed by atoms with Crippen LogP contribution in [0.5, 0.6) is 0 Å². The Morgan fingerprint density at radius 1 is 1.57 bits per heavy atom. The first-order valence-electron chi connectivity index (χ1n) is 3.87. The smallest absolute Gasteiger partial charge is 0.254 e. The standard InChI is InChI=1S/C9H7F3N2/c1-5-7(10)6(2-3-13)4-14-8(5)9(11)12/h4,9H,2H2,1H3. The third kappa shape index (κ3) is 1.84. The highest BCUT2D eigenvalue weighted by Crippen LogP contribution is 2.23. The van der Waals surface area contributed by atoms with Crippen LogP contribution in [0, 0.1) is 24.1 Å². The summed E-state index contributed by atoms with van der Waals surface area (Å²) in [6, 6.07) is 1.73. The van der Waals surface area contributed by atoms with E-state index < -0.39 is 17.9 Å². The third-order valence-electron chi connectivity index (χ3n) is 1.83. The van der Waals surface area contributed by atoms with Gasteiger partial charge in [0.1, 0.15) is 11.5 Å². The highest BCUT2D eigenvalue weighted by molar-refractivity contribution is 5.28. The summed E-state index contributed by atoms with van der Waals surface area (Å²) >= 11 is 0. The third-order valence-corrected chi connectivity index (χ3v) is 1.83. The van der Waals surface area contributed by atoms with E-state index in [2.05, 4.69) is 4.98 Å². The molecule has 0 aliphatic rings. The average Bonchev–Trinajstić information content (AvgIpc) is 2.13. The second-order valence-electron chi connectivity index (χ2n) is 2.74. The Morgan fingerprint density at radius 3 is 2.71 bits per heavy atom.